The number of aromatic hydroxyl groups is 1. The van der Waals surface area contributed by atoms with Crippen molar-refractivity contribution in [2.75, 3.05) is 0 Å². The van der Waals surface area contributed by atoms with Gasteiger partial charge in [0.2, 0.25) is 17.4 Å². The molecule has 0 spiro atoms. The molecule has 0 fully saturated rings. The van der Waals surface area contributed by atoms with Crippen LogP contribution >= 0.6 is 0 Å². The summed E-state index contributed by atoms with van der Waals surface area (Å²) in [6.07, 6.45) is 0. The Kier molecular flexibility index (Phi) is 2.33. The smallest absolute Gasteiger partial charge is 0.349 e. The SMILES string of the molecule is Cc1c(O)c([N+](=O)[O-])c(F)c(F)c1F. The highest BCUT2D eigenvalue weighted by Crippen LogP contribution is 2.35. The van der Waals surface area contributed by atoms with Crippen LogP contribution in [0.25, 0.3) is 0 Å². The topological polar surface area (TPSA) is 63.4 Å². The lowest BCUT2D eigenvalue weighted by Gasteiger charge is -2.03. The number of nitro groups is 1. The van der Waals surface area contributed by atoms with Crippen LogP contribution in [0.4, 0.5) is 18.9 Å². The molecule has 1 N–H and O–H groups in total. The predicted molar refractivity (Wildman–Crippen MR) is 39.4 cm³/mol. The highest BCUT2D eigenvalue weighted by Gasteiger charge is 2.30. The zero-order chi connectivity index (χ0) is 11.0. The van der Waals surface area contributed by atoms with E-state index in [9.17, 15) is 23.3 Å². The maximum Gasteiger partial charge on any atom is 0.349 e. The van der Waals surface area contributed by atoms with Crippen LogP contribution < -0.4 is 0 Å². The minimum atomic E-state index is -2.00. The monoisotopic (exact) mass is 207 g/mol. The quantitative estimate of drug-likeness (QED) is 0.435. The van der Waals surface area contributed by atoms with Gasteiger partial charge in [0, 0.05) is 5.56 Å². The van der Waals surface area contributed by atoms with Crippen LogP contribution in [-0.4, -0.2) is 10.0 Å². The van der Waals surface area contributed by atoms with Crippen LogP contribution in [0.5, 0.6) is 5.75 Å². The van der Waals surface area contributed by atoms with Gasteiger partial charge in [-0.2, -0.15) is 4.39 Å². The van der Waals surface area contributed by atoms with Gasteiger partial charge >= 0.3 is 5.69 Å². The average molecular weight is 207 g/mol. The molecular formula is C7H4F3NO3. The molecule has 76 valence electrons. The van der Waals surface area contributed by atoms with E-state index in [-0.39, 0.29) is 0 Å². The van der Waals surface area contributed by atoms with E-state index < -0.39 is 39.4 Å². The highest BCUT2D eigenvalue weighted by molar-refractivity contribution is 5.52. The molecule has 0 radical (unpaired) electrons. The summed E-state index contributed by atoms with van der Waals surface area (Å²) in [5.41, 5.74) is -2.16. The molecule has 0 aliphatic rings. The van der Waals surface area contributed by atoms with Gasteiger partial charge in [-0.3, -0.25) is 10.1 Å². The van der Waals surface area contributed by atoms with Crippen molar-refractivity contribution in [2.24, 2.45) is 0 Å². The third-order valence-corrected chi connectivity index (χ3v) is 1.68. The molecule has 0 saturated carbocycles. The minimum absolute atomic E-state index is 0.699. The lowest BCUT2D eigenvalue weighted by Crippen LogP contribution is -2.01. The maximum absolute atomic E-state index is 12.7. The van der Waals surface area contributed by atoms with Crippen molar-refractivity contribution in [3.05, 3.63) is 33.1 Å². The molecule has 0 bridgehead atoms. The number of benzene rings is 1. The fourth-order valence-corrected chi connectivity index (χ4v) is 0.917. The summed E-state index contributed by atoms with van der Waals surface area (Å²) in [4.78, 5) is 8.86. The summed E-state index contributed by atoms with van der Waals surface area (Å²) in [6, 6.07) is 0. The van der Waals surface area contributed by atoms with Crippen molar-refractivity contribution in [3.63, 3.8) is 0 Å². The largest absolute Gasteiger partial charge is 0.502 e. The summed E-state index contributed by atoms with van der Waals surface area (Å²) in [5, 5.41) is 19.1. The van der Waals surface area contributed by atoms with Crippen molar-refractivity contribution in [1.82, 2.24) is 0 Å². The Hall–Kier alpha value is -1.79. The van der Waals surface area contributed by atoms with Gasteiger partial charge in [-0.25, -0.2) is 8.78 Å². The first-order valence-corrected chi connectivity index (χ1v) is 3.38. The Labute approximate surface area is 75.7 Å². The molecule has 4 nitrogen and oxygen atoms in total. The molecule has 1 aromatic rings. The van der Waals surface area contributed by atoms with Crippen LogP contribution in [0.15, 0.2) is 0 Å². The molecule has 0 atom stereocenters. The van der Waals surface area contributed by atoms with Crippen LogP contribution in [0, 0.1) is 34.5 Å². The number of halogens is 3. The van der Waals surface area contributed by atoms with E-state index in [0.717, 1.165) is 6.92 Å². The van der Waals surface area contributed by atoms with Gasteiger partial charge in [0.25, 0.3) is 0 Å². The van der Waals surface area contributed by atoms with E-state index in [1.54, 1.807) is 0 Å². The predicted octanol–water partition coefficient (Wildman–Crippen LogP) is 2.03. The molecule has 1 aromatic carbocycles. The Morgan fingerprint density at radius 3 is 2.14 bits per heavy atom. The van der Waals surface area contributed by atoms with Crippen molar-refractivity contribution in [2.45, 2.75) is 6.92 Å². The van der Waals surface area contributed by atoms with Crippen LogP contribution in [0.3, 0.4) is 0 Å². The number of nitrogens with zero attached hydrogens (tertiary/aromatic N) is 1. The standard InChI is InChI=1S/C7H4F3NO3/c1-2-3(8)4(9)5(10)6(7(2)12)11(13)14/h12H,1H3. The molecule has 14 heavy (non-hydrogen) atoms. The average Bonchev–Trinajstić information content (AvgIpc) is 2.11. The minimum Gasteiger partial charge on any atom is -0.502 e. The fourth-order valence-electron chi connectivity index (χ4n) is 0.917. The van der Waals surface area contributed by atoms with E-state index in [2.05, 4.69) is 0 Å². The van der Waals surface area contributed by atoms with Crippen LogP contribution in [-0.2, 0) is 0 Å². The zero-order valence-electron chi connectivity index (χ0n) is 6.84. The van der Waals surface area contributed by atoms with Crippen molar-refractivity contribution < 1.29 is 23.2 Å². The van der Waals surface area contributed by atoms with Crippen molar-refractivity contribution >= 4 is 5.69 Å². The Balaban J connectivity index is 3.68. The fraction of sp³-hybridized carbons (Fsp3) is 0.143. The van der Waals surface area contributed by atoms with E-state index >= 15 is 0 Å². The Morgan fingerprint density at radius 1 is 1.21 bits per heavy atom. The molecule has 0 unspecified atom stereocenters. The summed E-state index contributed by atoms with van der Waals surface area (Å²) in [5.74, 6) is -6.81. The van der Waals surface area contributed by atoms with Gasteiger partial charge in [0.1, 0.15) is 0 Å². The normalized spacial score (nSPS) is 10.3. The molecule has 7 heteroatoms. The summed E-state index contributed by atoms with van der Waals surface area (Å²) < 4.78 is 38.1. The highest BCUT2D eigenvalue weighted by atomic mass is 19.2. The molecule has 0 saturated heterocycles. The molecule has 0 aliphatic heterocycles. The van der Waals surface area contributed by atoms with E-state index in [4.69, 9.17) is 5.11 Å². The van der Waals surface area contributed by atoms with E-state index in [1.165, 1.54) is 0 Å². The van der Waals surface area contributed by atoms with Gasteiger partial charge in [0.15, 0.2) is 5.82 Å². The Bertz CT molecular complexity index is 390. The van der Waals surface area contributed by atoms with Gasteiger partial charge < -0.3 is 5.11 Å². The number of phenols is 1. The molecular weight excluding hydrogens is 203 g/mol. The third kappa shape index (κ3) is 1.26. The van der Waals surface area contributed by atoms with Crippen LogP contribution in [0.1, 0.15) is 5.56 Å². The van der Waals surface area contributed by atoms with E-state index in [0.29, 0.717) is 0 Å². The number of hydrogen-bond donors (Lipinski definition) is 1. The van der Waals surface area contributed by atoms with E-state index in [1.807, 2.05) is 0 Å². The number of phenolic OH excluding ortho intramolecular Hbond substituents is 1. The van der Waals surface area contributed by atoms with Gasteiger partial charge in [-0.05, 0) is 6.92 Å². The number of nitro benzene ring substituents is 1. The molecule has 1 rings (SSSR count). The van der Waals surface area contributed by atoms with Gasteiger partial charge in [-0.1, -0.05) is 0 Å². The Morgan fingerprint density at radius 2 is 1.71 bits per heavy atom. The lowest BCUT2D eigenvalue weighted by atomic mass is 10.1. The molecule has 0 aliphatic carbocycles. The summed E-state index contributed by atoms with van der Waals surface area (Å²) in [7, 11) is 0. The third-order valence-electron chi connectivity index (χ3n) is 1.68. The second-order valence-corrected chi connectivity index (χ2v) is 2.52. The van der Waals surface area contributed by atoms with Gasteiger partial charge in [0.05, 0.1) is 4.92 Å². The van der Waals surface area contributed by atoms with Crippen molar-refractivity contribution in [1.29, 1.82) is 0 Å². The first kappa shape index (κ1) is 10.3. The first-order chi connectivity index (χ1) is 6.37. The van der Waals surface area contributed by atoms with Crippen molar-refractivity contribution in [3.8, 4) is 5.75 Å². The zero-order valence-corrected chi connectivity index (χ0v) is 6.84. The number of hydrogen-bond acceptors (Lipinski definition) is 3. The van der Waals surface area contributed by atoms with Crippen LogP contribution in [0.2, 0.25) is 0 Å². The summed E-state index contributed by atoms with van der Waals surface area (Å²) >= 11 is 0. The molecule has 0 aromatic heterocycles. The second-order valence-electron chi connectivity index (χ2n) is 2.52. The first-order valence-electron chi connectivity index (χ1n) is 3.38. The van der Waals surface area contributed by atoms with Gasteiger partial charge in [-0.15, -0.1) is 0 Å². The molecule has 0 amide bonds. The number of rotatable bonds is 1. The second kappa shape index (κ2) is 3.17. The maximum atomic E-state index is 12.7. The summed E-state index contributed by atoms with van der Waals surface area (Å²) in [6.45, 7) is 0.903. The lowest BCUT2D eigenvalue weighted by molar-refractivity contribution is -0.388. The molecule has 0 heterocycles.